The first kappa shape index (κ1) is 17.6. The van der Waals surface area contributed by atoms with E-state index in [1.54, 1.807) is 24.3 Å². The average molecular weight is 392 g/mol. The largest absolute Gasteiger partial charge is 0.431 e. The molecule has 1 aromatic heterocycles. The number of carbonyl (C=O) groups excluding carboxylic acids is 2. The maximum absolute atomic E-state index is 12.9. The highest BCUT2D eigenvalue weighted by Crippen LogP contribution is 2.37. The van der Waals surface area contributed by atoms with Crippen LogP contribution in [0.2, 0.25) is 0 Å². The van der Waals surface area contributed by atoms with Gasteiger partial charge in [-0.1, -0.05) is 30.0 Å². The molecule has 9 heteroatoms. The molecule has 2 heterocycles. The van der Waals surface area contributed by atoms with E-state index in [9.17, 15) is 22.8 Å². The van der Waals surface area contributed by atoms with Gasteiger partial charge >= 0.3 is 6.18 Å². The summed E-state index contributed by atoms with van der Waals surface area (Å²) in [6.45, 7) is 0. The van der Waals surface area contributed by atoms with E-state index in [1.807, 2.05) is 0 Å². The molecule has 2 aromatic carbocycles. The van der Waals surface area contributed by atoms with Crippen molar-refractivity contribution < 1.29 is 27.2 Å². The lowest BCUT2D eigenvalue weighted by Crippen LogP contribution is -2.31. The van der Waals surface area contributed by atoms with Gasteiger partial charge in [0.25, 0.3) is 5.22 Å². The molecule has 2 amide bonds. The van der Waals surface area contributed by atoms with E-state index >= 15 is 0 Å². The molecule has 0 spiro atoms. The lowest BCUT2D eigenvalue weighted by atomic mass is 10.2. The van der Waals surface area contributed by atoms with Crippen LogP contribution in [0.3, 0.4) is 0 Å². The molecule has 1 aliphatic heterocycles. The van der Waals surface area contributed by atoms with Crippen molar-refractivity contribution in [3.05, 3.63) is 54.1 Å². The summed E-state index contributed by atoms with van der Waals surface area (Å²) in [7, 11) is 0. The van der Waals surface area contributed by atoms with Crippen LogP contribution in [0.1, 0.15) is 12.0 Å². The summed E-state index contributed by atoms with van der Waals surface area (Å²) < 4.78 is 44.2. The van der Waals surface area contributed by atoms with Gasteiger partial charge in [-0.15, -0.1) is 0 Å². The minimum Gasteiger partial charge on any atom is -0.431 e. The maximum atomic E-state index is 12.9. The van der Waals surface area contributed by atoms with Gasteiger partial charge in [-0.25, -0.2) is 9.88 Å². The zero-order valence-corrected chi connectivity index (χ0v) is 14.4. The SMILES string of the molecule is O=C1C[C@H](Sc2nc3ccccc3o2)C(=O)N1c1cccc(C(F)(F)F)c1. The van der Waals surface area contributed by atoms with E-state index in [4.69, 9.17) is 4.42 Å². The predicted molar refractivity (Wildman–Crippen MR) is 92.2 cm³/mol. The summed E-state index contributed by atoms with van der Waals surface area (Å²) in [5.41, 5.74) is 0.147. The Morgan fingerprint density at radius 2 is 1.89 bits per heavy atom. The molecule has 1 atom stereocenters. The molecule has 0 saturated carbocycles. The molecule has 0 unspecified atom stereocenters. The first-order valence-corrected chi connectivity index (χ1v) is 8.77. The van der Waals surface area contributed by atoms with E-state index in [0.29, 0.717) is 11.1 Å². The molecule has 1 fully saturated rings. The number of amides is 2. The summed E-state index contributed by atoms with van der Waals surface area (Å²) in [5, 5.41) is -0.576. The van der Waals surface area contributed by atoms with E-state index in [2.05, 4.69) is 4.98 Å². The number of aromatic nitrogens is 1. The number of para-hydroxylation sites is 2. The van der Waals surface area contributed by atoms with Crippen molar-refractivity contribution in [2.24, 2.45) is 0 Å². The van der Waals surface area contributed by atoms with Crippen LogP contribution in [0.25, 0.3) is 11.1 Å². The second-order valence-corrected chi connectivity index (χ2v) is 7.03. The fourth-order valence-corrected chi connectivity index (χ4v) is 3.78. The average Bonchev–Trinajstić information content (AvgIpc) is 3.14. The van der Waals surface area contributed by atoms with Gasteiger partial charge in [-0.3, -0.25) is 9.59 Å². The van der Waals surface area contributed by atoms with Crippen LogP contribution < -0.4 is 4.90 Å². The van der Waals surface area contributed by atoms with Crippen molar-refractivity contribution >= 4 is 40.4 Å². The number of hydrogen-bond acceptors (Lipinski definition) is 5. The number of alkyl halides is 3. The first-order valence-electron chi connectivity index (χ1n) is 7.89. The van der Waals surface area contributed by atoms with Crippen molar-refractivity contribution in [1.29, 1.82) is 0 Å². The van der Waals surface area contributed by atoms with Crippen LogP contribution in [0.5, 0.6) is 0 Å². The summed E-state index contributed by atoms with van der Waals surface area (Å²) in [5.74, 6) is -1.15. The standard InChI is InChI=1S/C18H11F3N2O3S/c19-18(20,21)10-4-3-5-11(8-10)23-15(24)9-14(16(23)25)27-17-22-12-6-1-2-7-13(12)26-17/h1-8,14H,9H2/t14-/m0/s1. The zero-order chi connectivity index (χ0) is 19.2. The fourth-order valence-electron chi connectivity index (χ4n) is 2.81. The molecule has 0 bridgehead atoms. The van der Waals surface area contributed by atoms with Crippen molar-refractivity contribution in [2.75, 3.05) is 4.90 Å². The number of thioether (sulfide) groups is 1. The number of rotatable bonds is 3. The van der Waals surface area contributed by atoms with E-state index < -0.39 is 28.8 Å². The lowest BCUT2D eigenvalue weighted by molar-refractivity contribution is -0.137. The molecule has 3 aromatic rings. The van der Waals surface area contributed by atoms with Gasteiger partial charge in [0.1, 0.15) is 10.8 Å². The Kier molecular flexibility index (Phi) is 4.18. The van der Waals surface area contributed by atoms with Gasteiger partial charge < -0.3 is 4.42 Å². The van der Waals surface area contributed by atoms with Crippen LogP contribution in [-0.2, 0) is 15.8 Å². The molecular weight excluding hydrogens is 381 g/mol. The van der Waals surface area contributed by atoms with Gasteiger partial charge in [-0.05, 0) is 30.3 Å². The van der Waals surface area contributed by atoms with Crippen molar-refractivity contribution in [3.8, 4) is 0 Å². The Labute approximate surface area is 155 Å². The molecule has 5 nitrogen and oxygen atoms in total. The maximum Gasteiger partial charge on any atom is 0.416 e. The van der Waals surface area contributed by atoms with E-state index in [-0.39, 0.29) is 17.3 Å². The lowest BCUT2D eigenvalue weighted by Gasteiger charge is -2.16. The summed E-state index contributed by atoms with van der Waals surface area (Å²) in [6, 6.07) is 11.2. The zero-order valence-electron chi connectivity index (χ0n) is 13.6. The quantitative estimate of drug-likeness (QED) is 0.623. The number of oxazole rings is 1. The number of benzene rings is 2. The predicted octanol–water partition coefficient (Wildman–Crippen LogP) is 4.27. The van der Waals surface area contributed by atoms with Crippen molar-refractivity contribution in [2.45, 2.75) is 23.1 Å². The van der Waals surface area contributed by atoms with Gasteiger partial charge in [0.15, 0.2) is 5.58 Å². The first-order chi connectivity index (χ1) is 12.8. The highest BCUT2D eigenvalue weighted by molar-refractivity contribution is 8.00. The van der Waals surface area contributed by atoms with Gasteiger partial charge in [0.05, 0.1) is 11.3 Å². The van der Waals surface area contributed by atoms with Crippen LogP contribution >= 0.6 is 11.8 Å². The third kappa shape index (κ3) is 3.30. The van der Waals surface area contributed by atoms with Crippen molar-refractivity contribution in [3.63, 3.8) is 0 Å². The second kappa shape index (κ2) is 6.41. The molecule has 138 valence electrons. The van der Waals surface area contributed by atoms with Crippen LogP contribution in [-0.4, -0.2) is 22.0 Å². The third-order valence-electron chi connectivity index (χ3n) is 4.05. The number of halogens is 3. The molecular formula is C18H11F3N2O3S. The highest BCUT2D eigenvalue weighted by Gasteiger charge is 2.42. The van der Waals surface area contributed by atoms with Gasteiger partial charge in [-0.2, -0.15) is 13.2 Å². The Bertz CT molecular complexity index is 1010. The van der Waals surface area contributed by atoms with Gasteiger partial charge in [0.2, 0.25) is 11.8 Å². The Morgan fingerprint density at radius 3 is 2.63 bits per heavy atom. The van der Waals surface area contributed by atoms with Crippen molar-refractivity contribution in [1.82, 2.24) is 4.98 Å². The smallest absolute Gasteiger partial charge is 0.416 e. The minimum absolute atomic E-state index is 0.0968. The normalized spacial score (nSPS) is 17.9. The molecule has 0 radical (unpaired) electrons. The Hall–Kier alpha value is -2.81. The topological polar surface area (TPSA) is 63.4 Å². The number of imide groups is 1. The number of nitrogens with zero attached hydrogens (tertiary/aromatic N) is 2. The number of hydrogen-bond donors (Lipinski definition) is 0. The molecule has 0 N–H and O–H groups in total. The van der Waals surface area contributed by atoms with Crippen LogP contribution in [0.4, 0.5) is 18.9 Å². The molecule has 1 aliphatic rings. The van der Waals surface area contributed by atoms with Crippen LogP contribution in [0, 0.1) is 0 Å². The number of anilines is 1. The number of carbonyl (C=O) groups is 2. The Morgan fingerprint density at radius 1 is 1.11 bits per heavy atom. The summed E-state index contributed by atoms with van der Waals surface area (Å²) in [6.07, 6.45) is -4.70. The summed E-state index contributed by atoms with van der Waals surface area (Å²) >= 11 is 0.985. The van der Waals surface area contributed by atoms with Crippen LogP contribution in [0.15, 0.2) is 58.2 Å². The molecule has 27 heavy (non-hydrogen) atoms. The summed E-state index contributed by atoms with van der Waals surface area (Å²) in [4.78, 5) is 29.9. The molecule has 4 rings (SSSR count). The fraction of sp³-hybridized carbons (Fsp3) is 0.167. The monoisotopic (exact) mass is 392 g/mol. The Balaban J connectivity index is 1.58. The highest BCUT2D eigenvalue weighted by atomic mass is 32.2. The molecule has 1 saturated heterocycles. The van der Waals surface area contributed by atoms with Gasteiger partial charge in [0, 0.05) is 6.42 Å². The molecule has 0 aliphatic carbocycles. The van der Waals surface area contributed by atoms with E-state index in [1.165, 1.54) is 12.1 Å². The third-order valence-corrected chi connectivity index (χ3v) is 5.08. The number of fused-ring (bicyclic) bond motifs is 1. The second-order valence-electron chi connectivity index (χ2n) is 5.87. The minimum atomic E-state index is -4.56. The van der Waals surface area contributed by atoms with E-state index in [0.717, 1.165) is 28.8 Å².